The topological polar surface area (TPSA) is 37.3 Å². The van der Waals surface area contributed by atoms with Crippen LogP contribution < -0.4 is 0 Å². The lowest BCUT2D eigenvalue weighted by Crippen LogP contribution is -2.50. The second kappa shape index (κ2) is 8.34. The molecule has 0 heterocycles. The summed E-state index contributed by atoms with van der Waals surface area (Å²) >= 11 is 1.50. The van der Waals surface area contributed by atoms with Gasteiger partial charge in [-0.3, -0.25) is 4.79 Å². The predicted molar refractivity (Wildman–Crippen MR) is 123 cm³/mol. The molecule has 0 aromatic rings. The summed E-state index contributed by atoms with van der Waals surface area (Å²) in [6.45, 7) is 9.63. The van der Waals surface area contributed by atoms with E-state index >= 15 is 0 Å². The zero-order chi connectivity index (χ0) is 20.8. The first-order valence-corrected chi connectivity index (χ1v) is 13.3. The van der Waals surface area contributed by atoms with Gasteiger partial charge in [-0.05, 0) is 104 Å². The summed E-state index contributed by atoms with van der Waals surface area (Å²) in [7, 11) is 0. The number of carbonyl (C=O) groups is 1. The average molecular weight is 419 g/mol. The molecule has 8 atom stereocenters. The second-order valence-electron chi connectivity index (χ2n) is 11.2. The number of aliphatic hydroxyl groups is 1. The molecule has 0 aromatic carbocycles. The lowest BCUT2D eigenvalue weighted by molar-refractivity contribution is -0.111. The fraction of sp³-hybridized carbons (Fsp3) is 0.885. The van der Waals surface area contributed by atoms with Crippen LogP contribution in [-0.2, 0) is 4.79 Å². The van der Waals surface area contributed by atoms with E-state index in [9.17, 15) is 9.90 Å². The van der Waals surface area contributed by atoms with Crippen LogP contribution in [0.4, 0.5) is 0 Å². The van der Waals surface area contributed by atoms with E-state index in [1.54, 1.807) is 5.57 Å². The van der Waals surface area contributed by atoms with Gasteiger partial charge in [0, 0.05) is 6.42 Å². The molecule has 0 bridgehead atoms. The van der Waals surface area contributed by atoms with Crippen LogP contribution in [0.2, 0.25) is 0 Å². The molecule has 8 unspecified atom stereocenters. The molecule has 3 fully saturated rings. The van der Waals surface area contributed by atoms with Gasteiger partial charge >= 0.3 is 0 Å². The molecule has 0 spiro atoms. The largest absolute Gasteiger partial charge is 0.393 e. The molecule has 0 aromatic heterocycles. The molecular formula is C26H42O2S. The number of allylic oxidation sites excluding steroid dienone is 1. The molecular weight excluding hydrogens is 376 g/mol. The Morgan fingerprint density at radius 3 is 2.76 bits per heavy atom. The highest BCUT2D eigenvalue weighted by molar-refractivity contribution is 8.13. The van der Waals surface area contributed by atoms with Crippen LogP contribution in [0.5, 0.6) is 0 Å². The minimum atomic E-state index is -0.106. The third-order valence-electron chi connectivity index (χ3n) is 9.95. The summed E-state index contributed by atoms with van der Waals surface area (Å²) in [5.41, 5.74) is 2.39. The van der Waals surface area contributed by atoms with Gasteiger partial charge < -0.3 is 5.11 Å². The van der Waals surface area contributed by atoms with Crippen molar-refractivity contribution in [2.75, 3.05) is 5.75 Å². The molecule has 164 valence electrons. The summed E-state index contributed by atoms with van der Waals surface area (Å²) in [5.74, 6) is 4.88. The lowest BCUT2D eigenvalue weighted by atomic mass is 9.47. The molecule has 0 aliphatic heterocycles. The number of hydrogen-bond acceptors (Lipinski definition) is 3. The molecule has 0 amide bonds. The summed E-state index contributed by atoms with van der Waals surface area (Å²) < 4.78 is 0. The molecule has 0 saturated heterocycles. The molecule has 1 N–H and O–H groups in total. The SMILES string of the molecule is CCSC(=O)CCC(C)C1CCC2C3CC=C4CC(O)CCC4(C)C3CCC12C. The molecule has 4 aliphatic rings. The Bertz CT molecular complexity index is 657. The van der Waals surface area contributed by atoms with Crippen LogP contribution >= 0.6 is 11.8 Å². The second-order valence-corrected chi connectivity index (χ2v) is 12.5. The Morgan fingerprint density at radius 1 is 1.21 bits per heavy atom. The highest BCUT2D eigenvalue weighted by Crippen LogP contribution is 2.67. The Kier molecular flexibility index (Phi) is 6.31. The van der Waals surface area contributed by atoms with Crippen LogP contribution in [0, 0.1) is 40.4 Å². The number of fused-ring (bicyclic) bond motifs is 5. The van der Waals surface area contributed by atoms with E-state index in [1.807, 2.05) is 0 Å². The minimum absolute atomic E-state index is 0.106. The van der Waals surface area contributed by atoms with Gasteiger partial charge in [0.25, 0.3) is 0 Å². The van der Waals surface area contributed by atoms with Crippen LogP contribution in [0.15, 0.2) is 11.6 Å². The maximum Gasteiger partial charge on any atom is 0.188 e. The van der Waals surface area contributed by atoms with Crippen LogP contribution in [0.3, 0.4) is 0 Å². The maximum atomic E-state index is 12.0. The van der Waals surface area contributed by atoms with Gasteiger partial charge in [-0.1, -0.05) is 51.1 Å². The number of thioether (sulfide) groups is 1. The minimum Gasteiger partial charge on any atom is -0.393 e. The van der Waals surface area contributed by atoms with Gasteiger partial charge in [0.05, 0.1) is 6.10 Å². The van der Waals surface area contributed by atoms with E-state index in [2.05, 4.69) is 33.8 Å². The predicted octanol–water partition coefficient (Wildman–Crippen LogP) is 6.62. The summed E-state index contributed by atoms with van der Waals surface area (Å²) in [6, 6.07) is 0. The van der Waals surface area contributed by atoms with E-state index in [0.717, 1.165) is 55.1 Å². The lowest BCUT2D eigenvalue weighted by Gasteiger charge is -2.58. The number of carbonyl (C=O) groups excluding carboxylic acids is 1. The first-order chi connectivity index (χ1) is 13.8. The molecule has 2 nitrogen and oxygen atoms in total. The average Bonchev–Trinajstić information content (AvgIpc) is 3.04. The smallest absolute Gasteiger partial charge is 0.188 e. The van der Waals surface area contributed by atoms with Gasteiger partial charge in [-0.15, -0.1) is 0 Å². The number of hydrogen-bond donors (Lipinski definition) is 1. The molecule has 4 aliphatic carbocycles. The van der Waals surface area contributed by atoms with E-state index in [4.69, 9.17) is 0 Å². The van der Waals surface area contributed by atoms with E-state index < -0.39 is 0 Å². The monoisotopic (exact) mass is 418 g/mol. The zero-order valence-corrected chi connectivity index (χ0v) is 19.9. The van der Waals surface area contributed by atoms with Gasteiger partial charge in [0.1, 0.15) is 0 Å². The first-order valence-electron chi connectivity index (χ1n) is 12.3. The summed E-state index contributed by atoms with van der Waals surface area (Å²) in [5, 5.41) is 10.6. The fourth-order valence-corrected chi connectivity index (χ4v) is 8.98. The number of aliphatic hydroxyl groups excluding tert-OH is 1. The number of rotatable bonds is 5. The van der Waals surface area contributed by atoms with Gasteiger partial charge in [-0.25, -0.2) is 0 Å². The highest BCUT2D eigenvalue weighted by Gasteiger charge is 2.59. The Balaban J connectivity index is 1.48. The quantitative estimate of drug-likeness (QED) is 0.510. The van der Waals surface area contributed by atoms with Crippen molar-refractivity contribution >= 4 is 16.9 Å². The highest BCUT2D eigenvalue weighted by atomic mass is 32.2. The molecule has 0 radical (unpaired) electrons. The van der Waals surface area contributed by atoms with Crippen molar-refractivity contribution in [3.05, 3.63) is 11.6 Å². The van der Waals surface area contributed by atoms with Crippen molar-refractivity contribution in [3.63, 3.8) is 0 Å². The summed E-state index contributed by atoms with van der Waals surface area (Å²) in [6.07, 6.45) is 14.1. The van der Waals surface area contributed by atoms with Crippen LogP contribution in [0.25, 0.3) is 0 Å². The summed E-state index contributed by atoms with van der Waals surface area (Å²) in [4.78, 5) is 12.0. The first kappa shape index (κ1) is 21.9. The van der Waals surface area contributed by atoms with Crippen molar-refractivity contribution in [2.45, 2.75) is 98.0 Å². The molecule has 4 rings (SSSR count). The Hall–Kier alpha value is -0.280. The maximum absolute atomic E-state index is 12.0. The normalized spacial score (nSPS) is 45.0. The van der Waals surface area contributed by atoms with Crippen molar-refractivity contribution in [3.8, 4) is 0 Å². The van der Waals surface area contributed by atoms with Crippen LogP contribution in [-0.4, -0.2) is 22.1 Å². The van der Waals surface area contributed by atoms with Crippen LogP contribution in [0.1, 0.15) is 91.9 Å². The standard InChI is InChI=1S/C26H42O2S/c1-5-29-24(28)11-6-17(2)21-9-10-22-20-8-7-18-16-19(27)12-14-25(18,3)23(20)13-15-26(21,22)4/h7,17,19-23,27H,5-6,8-16H2,1-4H3. The third-order valence-corrected chi connectivity index (χ3v) is 10.8. The Labute approximate surface area is 182 Å². The molecule has 3 heteroatoms. The van der Waals surface area contributed by atoms with Gasteiger partial charge in [0.15, 0.2) is 5.12 Å². The zero-order valence-electron chi connectivity index (χ0n) is 19.1. The van der Waals surface area contributed by atoms with Crippen molar-refractivity contribution in [1.29, 1.82) is 0 Å². The fourth-order valence-electron chi connectivity index (χ4n) is 8.40. The Morgan fingerprint density at radius 2 is 2.00 bits per heavy atom. The van der Waals surface area contributed by atoms with Crippen molar-refractivity contribution in [2.24, 2.45) is 40.4 Å². The van der Waals surface area contributed by atoms with E-state index in [0.29, 0.717) is 21.9 Å². The van der Waals surface area contributed by atoms with Crippen molar-refractivity contribution < 1.29 is 9.90 Å². The third kappa shape index (κ3) is 3.77. The van der Waals surface area contributed by atoms with E-state index in [1.165, 1.54) is 50.3 Å². The van der Waals surface area contributed by atoms with Gasteiger partial charge in [0.2, 0.25) is 0 Å². The van der Waals surface area contributed by atoms with Gasteiger partial charge in [-0.2, -0.15) is 0 Å². The van der Waals surface area contributed by atoms with E-state index in [-0.39, 0.29) is 6.10 Å². The molecule has 3 saturated carbocycles. The van der Waals surface area contributed by atoms with Crippen molar-refractivity contribution in [1.82, 2.24) is 0 Å². The molecule has 29 heavy (non-hydrogen) atoms.